The fourth-order valence-corrected chi connectivity index (χ4v) is 2.25. The van der Waals surface area contributed by atoms with Gasteiger partial charge in [-0.3, -0.25) is 0 Å². The Balaban J connectivity index is 2.11. The molecule has 0 aliphatic carbocycles. The SMILES string of the molecule is COCCCCN1CCOc2c(C(=O)O)cccc21. The zero-order valence-corrected chi connectivity index (χ0v) is 11.1. The van der Waals surface area contributed by atoms with Crippen LogP contribution < -0.4 is 9.64 Å². The minimum atomic E-state index is -0.946. The maximum absolute atomic E-state index is 11.2. The Hall–Kier alpha value is -1.75. The number of aromatic carboxylic acids is 1. The number of carbonyl (C=O) groups is 1. The summed E-state index contributed by atoms with van der Waals surface area (Å²) < 4.78 is 10.6. The van der Waals surface area contributed by atoms with Crippen LogP contribution in [-0.4, -0.2) is 44.5 Å². The van der Waals surface area contributed by atoms with Gasteiger partial charge in [-0.05, 0) is 25.0 Å². The summed E-state index contributed by atoms with van der Waals surface area (Å²) in [5.74, 6) is -0.453. The van der Waals surface area contributed by atoms with E-state index in [2.05, 4.69) is 4.90 Å². The fourth-order valence-electron chi connectivity index (χ4n) is 2.25. The van der Waals surface area contributed by atoms with Gasteiger partial charge in [-0.2, -0.15) is 0 Å². The highest BCUT2D eigenvalue weighted by Crippen LogP contribution is 2.35. The Bertz CT molecular complexity index is 447. The van der Waals surface area contributed by atoms with Gasteiger partial charge in [0, 0.05) is 20.3 Å². The third-order valence-corrected chi connectivity index (χ3v) is 3.20. The maximum atomic E-state index is 11.2. The number of ether oxygens (including phenoxy) is 2. The van der Waals surface area contributed by atoms with Crippen LogP contribution >= 0.6 is 0 Å². The highest BCUT2D eigenvalue weighted by molar-refractivity contribution is 5.93. The number of hydrogen-bond acceptors (Lipinski definition) is 4. The number of para-hydroxylation sites is 1. The first kappa shape index (κ1) is 13.7. The number of nitrogens with zero attached hydrogens (tertiary/aromatic N) is 1. The van der Waals surface area contributed by atoms with Crippen LogP contribution in [0.4, 0.5) is 5.69 Å². The molecule has 0 radical (unpaired) electrons. The molecule has 0 saturated carbocycles. The molecule has 2 rings (SSSR count). The van der Waals surface area contributed by atoms with Crippen molar-refractivity contribution in [1.82, 2.24) is 0 Å². The molecule has 0 aromatic heterocycles. The summed E-state index contributed by atoms with van der Waals surface area (Å²) in [6, 6.07) is 5.26. The summed E-state index contributed by atoms with van der Waals surface area (Å²) >= 11 is 0. The lowest BCUT2D eigenvalue weighted by Gasteiger charge is -2.32. The van der Waals surface area contributed by atoms with Gasteiger partial charge in [0.25, 0.3) is 0 Å². The molecule has 1 aromatic rings. The van der Waals surface area contributed by atoms with E-state index in [1.165, 1.54) is 0 Å². The van der Waals surface area contributed by atoms with Crippen molar-refractivity contribution in [1.29, 1.82) is 0 Å². The first-order chi connectivity index (χ1) is 9.24. The van der Waals surface area contributed by atoms with Crippen molar-refractivity contribution >= 4 is 11.7 Å². The predicted octanol–water partition coefficient (Wildman–Crippen LogP) is 2.01. The van der Waals surface area contributed by atoms with Gasteiger partial charge in [0.1, 0.15) is 12.2 Å². The number of hydrogen-bond donors (Lipinski definition) is 1. The number of anilines is 1. The standard InChI is InChI=1S/C14H19NO4/c1-18-9-3-2-7-15-8-10-19-13-11(14(16)17)5-4-6-12(13)15/h4-6H,2-3,7-10H2,1H3,(H,16,17). The third kappa shape index (κ3) is 3.17. The molecular formula is C14H19NO4. The number of fused-ring (bicyclic) bond motifs is 1. The molecule has 5 heteroatoms. The van der Waals surface area contributed by atoms with Crippen LogP contribution in [0.5, 0.6) is 5.75 Å². The van der Waals surface area contributed by atoms with Crippen LogP contribution in [0.2, 0.25) is 0 Å². The van der Waals surface area contributed by atoms with Gasteiger partial charge in [0.2, 0.25) is 0 Å². The molecular weight excluding hydrogens is 246 g/mol. The topological polar surface area (TPSA) is 59.0 Å². The average Bonchev–Trinajstić information content (AvgIpc) is 2.43. The van der Waals surface area contributed by atoms with Gasteiger partial charge in [-0.15, -0.1) is 0 Å². The third-order valence-electron chi connectivity index (χ3n) is 3.20. The molecule has 0 fully saturated rings. The molecule has 1 heterocycles. The highest BCUT2D eigenvalue weighted by atomic mass is 16.5. The van der Waals surface area contributed by atoms with Crippen molar-refractivity contribution in [2.45, 2.75) is 12.8 Å². The summed E-state index contributed by atoms with van der Waals surface area (Å²) in [5, 5.41) is 9.16. The fraction of sp³-hybridized carbons (Fsp3) is 0.500. The molecule has 0 spiro atoms. The van der Waals surface area contributed by atoms with Crippen LogP contribution in [0.1, 0.15) is 23.2 Å². The molecule has 1 aromatic carbocycles. The van der Waals surface area contributed by atoms with E-state index in [9.17, 15) is 4.79 Å². The molecule has 0 unspecified atom stereocenters. The highest BCUT2D eigenvalue weighted by Gasteiger charge is 2.23. The second-order valence-corrected chi connectivity index (χ2v) is 4.49. The second kappa shape index (κ2) is 6.43. The molecule has 0 saturated heterocycles. The number of rotatable bonds is 6. The van der Waals surface area contributed by atoms with Gasteiger partial charge < -0.3 is 19.5 Å². The largest absolute Gasteiger partial charge is 0.489 e. The van der Waals surface area contributed by atoms with Crippen molar-refractivity contribution in [3.63, 3.8) is 0 Å². The van der Waals surface area contributed by atoms with Crippen LogP contribution in [0, 0.1) is 0 Å². The number of benzene rings is 1. The minimum Gasteiger partial charge on any atom is -0.489 e. The Labute approximate surface area is 112 Å². The lowest BCUT2D eigenvalue weighted by molar-refractivity contribution is 0.0692. The zero-order valence-electron chi connectivity index (χ0n) is 11.1. The zero-order chi connectivity index (χ0) is 13.7. The van der Waals surface area contributed by atoms with Crippen LogP contribution in [0.15, 0.2) is 18.2 Å². The summed E-state index contributed by atoms with van der Waals surface area (Å²) in [5.41, 5.74) is 1.11. The Morgan fingerprint density at radius 3 is 3.05 bits per heavy atom. The first-order valence-electron chi connectivity index (χ1n) is 6.47. The minimum absolute atomic E-state index is 0.235. The number of carboxylic acids is 1. The van der Waals surface area contributed by atoms with Gasteiger partial charge in [0.15, 0.2) is 5.75 Å². The van der Waals surface area contributed by atoms with Gasteiger partial charge in [-0.1, -0.05) is 6.07 Å². The van der Waals surface area contributed by atoms with E-state index in [0.717, 1.165) is 38.2 Å². The molecule has 1 aliphatic rings. The van der Waals surface area contributed by atoms with Crippen LogP contribution in [0.3, 0.4) is 0 Å². The quantitative estimate of drug-likeness (QED) is 0.797. The second-order valence-electron chi connectivity index (χ2n) is 4.49. The molecule has 1 N–H and O–H groups in total. The normalized spacial score (nSPS) is 13.8. The van der Waals surface area contributed by atoms with Crippen molar-refractivity contribution in [2.24, 2.45) is 0 Å². The molecule has 0 bridgehead atoms. The summed E-state index contributed by atoms with van der Waals surface area (Å²) in [6.07, 6.45) is 2.02. The molecule has 1 aliphatic heterocycles. The number of carboxylic acid groups (broad SMARTS) is 1. The Kier molecular flexibility index (Phi) is 4.63. The predicted molar refractivity (Wildman–Crippen MR) is 72.2 cm³/mol. The van der Waals surface area contributed by atoms with Gasteiger partial charge in [0.05, 0.1) is 12.2 Å². The molecule has 0 amide bonds. The van der Waals surface area contributed by atoms with Crippen molar-refractivity contribution < 1.29 is 19.4 Å². The van der Waals surface area contributed by atoms with Gasteiger partial charge in [-0.25, -0.2) is 4.79 Å². The summed E-state index contributed by atoms with van der Waals surface area (Å²) in [4.78, 5) is 13.3. The van der Waals surface area contributed by atoms with Crippen molar-refractivity contribution in [3.8, 4) is 5.75 Å². The summed E-state index contributed by atoms with van der Waals surface area (Å²) in [6.45, 7) is 2.97. The smallest absolute Gasteiger partial charge is 0.339 e. The van der Waals surface area contributed by atoms with E-state index in [-0.39, 0.29) is 5.56 Å². The van der Waals surface area contributed by atoms with E-state index in [1.54, 1.807) is 19.2 Å². The van der Waals surface area contributed by atoms with Crippen LogP contribution in [-0.2, 0) is 4.74 Å². The molecule has 104 valence electrons. The maximum Gasteiger partial charge on any atom is 0.339 e. The van der Waals surface area contributed by atoms with Crippen LogP contribution in [0.25, 0.3) is 0 Å². The molecule has 0 atom stereocenters. The number of unbranched alkanes of at least 4 members (excludes halogenated alkanes) is 1. The lowest BCUT2D eigenvalue weighted by atomic mass is 10.1. The van der Waals surface area contributed by atoms with Crippen molar-refractivity contribution in [2.75, 3.05) is 38.3 Å². The lowest BCUT2D eigenvalue weighted by Crippen LogP contribution is -2.34. The van der Waals surface area contributed by atoms with E-state index < -0.39 is 5.97 Å². The van der Waals surface area contributed by atoms with E-state index in [0.29, 0.717) is 12.4 Å². The first-order valence-corrected chi connectivity index (χ1v) is 6.47. The van der Waals surface area contributed by atoms with Gasteiger partial charge >= 0.3 is 5.97 Å². The van der Waals surface area contributed by atoms with Crippen molar-refractivity contribution in [3.05, 3.63) is 23.8 Å². The number of methoxy groups -OCH3 is 1. The summed E-state index contributed by atoms with van der Waals surface area (Å²) in [7, 11) is 1.70. The molecule has 5 nitrogen and oxygen atoms in total. The van der Waals surface area contributed by atoms with E-state index in [4.69, 9.17) is 14.6 Å². The monoisotopic (exact) mass is 265 g/mol. The molecule has 19 heavy (non-hydrogen) atoms. The Morgan fingerprint density at radius 1 is 1.47 bits per heavy atom. The van der Waals surface area contributed by atoms with E-state index in [1.807, 2.05) is 6.07 Å². The average molecular weight is 265 g/mol. The Morgan fingerprint density at radius 2 is 2.32 bits per heavy atom. The van der Waals surface area contributed by atoms with E-state index >= 15 is 0 Å².